The summed E-state index contributed by atoms with van der Waals surface area (Å²) in [5, 5.41) is 5.62. The third kappa shape index (κ3) is 4.56. The molecule has 7 heteroatoms. The van der Waals surface area contributed by atoms with Gasteiger partial charge in [0.1, 0.15) is 5.76 Å². The molecule has 3 aromatic rings. The molecule has 2 N–H and O–H groups in total. The topological polar surface area (TPSA) is 91.7 Å². The fourth-order valence-electron chi connectivity index (χ4n) is 3.73. The van der Waals surface area contributed by atoms with E-state index in [2.05, 4.69) is 10.6 Å². The zero-order valence-corrected chi connectivity index (χ0v) is 18.1. The van der Waals surface area contributed by atoms with E-state index < -0.39 is 5.92 Å². The van der Waals surface area contributed by atoms with Crippen molar-refractivity contribution < 1.29 is 18.8 Å². The Labute approximate surface area is 186 Å². The zero-order valence-electron chi connectivity index (χ0n) is 18.1. The maximum absolute atomic E-state index is 12.9. The van der Waals surface area contributed by atoms with Gasteiger partial charge >= 0.3 is 0 Å². The quantitative estimate of drug-likeness (QED) is 0.621. The summed E-state index contributed by atoms with van der Waals surface area (Å²) in [4.78, 5) is 39.8. The van der Waals surface area contributed by atoms with Crippen LogP contribution in [0.2, 0.25) is 0 Å². The van der Waals surface area contributed by atoms with Crippen molar-refractivity contribution in [3.8, 4) is 0 Å². The highest BCUT2D eigenvalue weighted by atomic mass is 16.3. The number of anilines is 2. The normalized spacial score (nSPS) is 15.6. The highest BCUT2D eigenvalue weighted by Crippen LogP contribution is 2.28. The minimum absolute atomic E-state index is 0.0853. The van der Waals surface area contributed by atoms with Crippen molar-refractivity contribution >= 4 is 29.1 Å². The smallest absolute Gasteiger partial charge is 0.253 e. The molecule has 1 aliphatic heterocycles. The molecule has 1 saturated heterocycles. The van der Waals surface area contributed by atoms with Crippen LogP contribution in [0, 0.1) is 19.8 Å². The van der Waals surface area contributed by atoms with Crippen LogP contribution in [0.4, 0.5) is 11.4 Å². The lowest BCUT2D eigenvalue weighted by atomic mass is 10.1. The predicted molar refractivity (Wildman–Crippen MR) is 121 cm³/mol. The standard InChI is InChI=1S/C25H25N3O4/c1-16-9-10-19(12-17(16)2)28-15-18(13-23(28)29)24(30)27-22-8-4-3-7-21(22)25(31)26-14-20-6-5-11-32-20/h3-12,18H,13-15H2,1-2H3,(H,26,31)(H,27,30)/t18-/m0/s1. The first-order chi connectivity index (χ1) is 15.4. The van der Waals surface area contributed by atoms with Crippen LogP contribution in [0.25, 0.3) is 0 Å². The average Bonchev–Trinajstić information content (AvgIpc) is 3.44. The molecule has 0 radical (unpaired) electrons. The van der Waals surface area contributed by atoms with Gasteiger partial charge in [-0.05, 0) is 61.4 Å². The summed E-state index contributed by atoms with van der Waals surface area (Å²) in [5.41, 5.74) is 3.80. The van der Waals surface area contributed by atoms with Crippen LogP contribution in [0.15, 0.2) is 65.3 Å². The Morgan fingerprint density at radius 2 is 1.88 bits per heavy atom. The Morgan fingerprint density at radius 3 is 2.62 bits per heavy atom. The highest BCUT2D eigenvalue weighted by Gasteiger charge is 2.35. The maximum atomic E-state index is 12.9. The van der Waals surface area contributed by atoms with Gasteiger partial charge < -0.3 is 20.0 Å². The Balaban J connectivity index is 1.43. The van der Waals surface area contributed by atoms with Crippen molar-refractivity contribution in [2.75, 3.05) is 16.8 Å². The lowest BCUT2D eigenvalue weighted by Gasteiger charge is -2.18. The molecule has 3 amide bonds. The zero-order chi connectivity index (χ0) is 22.7. The van der Waals surface area contributed by atoms with Crippen LogP contribution in [-0.2, 0) is 16.1 Å². The molecule has 0 unspecified atom stereocenters. The first-order valence-electron chi connectivity index (χ1n) is 10.5. The molecule has 1 atom stereocenters. The number of hydrogen-bond acceptors (Lipinski definition) is 4. The molecule has 0 spiro atoms. The third-order valence-electron chi connectivity index (χ3n) is 5.73. The molecular weight excluding hydrogens is 406 g/mol. The minimum Gasteiger partial charge on any atom is -0.467 e. The van der Waals surface area contributed by atoms with Crippen LogP contribution in [0.1, 0.15) is 33.7 Å². The number of rotatable bonds is 6. The second-order valence-electron chi connectivity index (χ2n) is 7.97. The molecule has 1 fully saturated rings. The lowest BCUT2D eigenvalue weighted by molar-refractivity contribution is -0.122. The Kier molecular flexibility index (Phi) is 6.07. The first kappa shape index (κ1) is 21.4. The number of carbonyl (C=O) groups is 3. The molecule has 32 heavy (non-hydrogen) atoms. The number of hydrogen-bond donors (Lipinski definition) is 2. The van der Waals surface area contributed by atoms with E-state index in [9.17, 15) is 14.4 Å². The number of para-hydroxylation sites is 1. The first-order valence-corrected chi connectivity index (χ1v) is 10.5. The van der Waals surface area contributed by atoms with Crippen molar-refractivity contribution in [3.05, 3.63) is 83.3 Å². The van der Waals surface area contributed by atoms with Gasteiger partial charge in [-0.1, -0.05) is 18.2 Å². The summed E-state index contributed by atoms with van der Waals surface area (Å²) >= 11 is 0. The van der Waals surface area contributed by atoms with Gasteiger partial charge in [0.2, 0.25) is 11.8 Å². The van der Waals surface area contributed by atoms with Gasteiger partial charge in [0.25, 0.3) is 5.91 Å². The second-order valence-corrected chi connectivity index (χ2v) is 7.97. The van der Waals surface area contributed by atoms with Gasteiger partial charge in [0.15, 0.2) is 0 Å². The summed E-state index contributed by atoms with van der Waals surface area (Å²) in [6.07, 6.45) is 1.67. The van der Waals surface area contributed by atoms with Gasteiger partial charge in [-0.2, -0.15) is 0 Å². The lowest BCUT2D eigenvalue weighted by Crippen LogP contribution is -2.29. The van der Waals surface area contributed by atoms with Gasteiger partial charge in [0, 0.05) is 18.7 Å². The number of amides is 3. The molecule has 1 aromatic heterocycles. The van der Waals surface area contributed by atoms with Crippen LogP contribution in [-0.4, -0.2) is 24.3 Å². The molecule has 2 heterocycles. The van der Waals surface area contributed by atoms with Crippen molar-refractivity contribution in [1.29, 1.82) is 0 Å². The molecule has 7 nitrogen and oxygen atoms in total. The van der Waals surface area contributed by atoms with E-state index in [1.807, 2.05) is 32.0 Å². The number of nitrogens with zero attached hydrogens (tertiary/aromatic N) is 1. The highest BCUT2D eigenvalue weighted by molar-refractivity contribution is 6.07. The van der Waals surface area contributed by atoms with Gasteiger partial charge in [0.05, 0.1) is 30.0 Å². The van der Waals surface area contributed by atoms with Crippen molar-refractivity contribution in [3.63, 3.8) is 0 Å². The van der Waals surface area contributed by atoms with Gasteiger partial charge in [-0.15, -0.1) is 0 Å². The van der Waals surface area contributed by atoms with E-state index in [0.29, 0.717) is 23.6 Å². The van der Waals surface area contributed by atoms with E-state index in [1.54, 1.807) is 47.6 Å². The monoisotopic (exact) mass is 431 g/mol. The minimum atomic E-state index is -0.497. The maximum Gasteiger partial charge on any atom is 0.253 e. The Hall–Kier alpha value is -3.87. The van der Waals surface area contributed by atoms with E-state index in [0.717, 1.165) is 16.8 Å². The van der Waals surface area contributed by atoms with Gasteiger partial charge in [-0.25, -0.2) is 0 Å². The van der Waals surface area contributed by atoms with Gasteiger partial charge in [-0.3, -0.25) is 14.4 Å². The summed E-state index contributed by atoms with van der Waals surface area (Å²) in [6, 6.07) is 16.2. The molecule has 4 rings (SSSR count). The number of benzene rings is 2. The van der Waals surface area contributed by atoms with E-state index in [-0.39, 0.29) is 30.7 Å². The molecule has 0 bridgehead atoms. The third-order valence-corrected chi connectivity index (χ3v) is 5.73. The predicted octanol–water partition coefficient (Wildman–Crippen LogP) is 3.82. The molecule has 2 aromatic carbocycles. The summed E-state index contributed by atoms with van der Waals surface area (Å²) in [6.45, 7) is 4.57. The summed E-state index contributed by atoms with van der Waals surface area (Å²) < 4.78 is 5.23. The fraction of sp³-hybridized carbons (Fsp3) is 0.240. The summed E-state index contributed by atoms with van der Waals surface area (Å²) in [5.74, 6) is -0.551. The molecule has 1 aliphatic rings. The van der Waals surface area contributed by atoms with E-state index in [1.165, 1.54) is 0 Å². The molecule has 0 saturated carbocycles. The number of nitrogens with one attached hydrogen (secondary N) is 2. The number of furan rings is 1. The van der Waals surface area contributed by atoms with Crippen LogP contribution >= 0.6 is 0 Å². The summed E-state index contributed by atoms with van der Waals surface area (Å²) in [7, 11) is 0. The Bertz CT molecular complexity index is 1150. The molecule has 0 aliphatic carbocycles. The number of carbonyl (C=O) groups excluding carboxylic acids is 3. The average molecular weight is 431 g/mol. The van der Waals surface area contributed by atoms with E-state index in [4.69, 9.17) is 4.42 Å². The number of aryl methyl sites for hydroxylation is 2. The largest absolute Gasteiger partial charge is 0.467 e. The Morgan fingerprint density at radius 1 is 1.06 bits per heavy atom. The van der Waals surface area contributed by atoms with Crippen molar-refractivity contribution in [2.24, 2.45) is 5.92 Å². The van der Waals surface area contributed by atoms with Crippen molar-refractivity contribution in [1.82, 2.24) is 5.32 Å². The van der Waals surface area contributed by atoms with Crippen LogP contribution in [0.5, 0.6) is 0 Å². The van der Waals surface area contributed by atoms with Crippen LogP contribution in [0.3, 0.4) is 0 Å². The SMILES string of the molecule is Cc1ccc(N2C[C@@H](C(=O)Nc3ccccc3C(=O)NCc3ccco3)CC2=O)cc1C. The second kappa shape index (κ2) is 9.09. The van der Waals surface area contributed by atoms with E-state index >= 15 is 0 Å². The molecule has 164 valence electrons. The fourth-order valence-corrected chi connectivity index (χ4v) is 3.73. The van der Waals surface area contributed by atoms with Crippen molar-refractivity contribution in [2.45, 2.75) is 26.8 Å². The van der Waals surface area contributed by atoms with Crippen LogP contribution < -0.4 is 15.5 Å². The molecular formula is C25H25N3O4.